The first kappa shape index (κ1) is 27.4. The molecular formula is C31H38N6O. The lowest BCUT2D eigenvalue weighted by molar-refractivity contribution is 0.0993. The van der Waals surface area contributed by atoms with E-state index in [0.717, 1.165) is 60.7 Å². The standard InChI is InChI=1S/C31H38N6O/c1-3-17-36(18-4-2)21-26-7-5-25(6-8-26)19-30(38)28-11-9-27(10-12-28)22-37(24-31-34-15-16-35-31)23-29-20-32-13-14-33-29/h5-16,20H,3-4,17-19,21-24H2,1-2H3,(H,34,35). The molecule has 198 valence electrons. The van der Waals surface area contributed by atoms with E-state index >= 15 is 0 Å². The Bertz CT molecular complexity index is 1220. The fraction of sp³-hybridized carbons (Fsp3) is 0.355. The normalized spacial score (nSPS) is 11.4. The van der Waals surface area contributed by atoms with Crippen LogP contribution in [0.1, 0.15) is 65.3 Å². The Labute approximate surface area is 226 Å². The second-order valence-corrected chi connectivity index (χ2v) is 9.77. The number of aromatic amines is 1. The van der Waals surface area contributed by atoms with E-state index < -0.39 is 0 Å². The number of aromatic nitrogens is 4. The molecule has 2 aromatic heterocycles. The van der Waals surface area contributed by atoms with Crippen LogP contribution in [0.4, 0.5) is 0 Å². The van der Waals surface area contributed by atoms with Crippen LogP contribution in [-0.4, -0.2) is 48.6 Å². The number of Topliss-reactive ketones (excluding diaryl/α,β-unsaturated/α-hetero) is 1. The minimum Gasteiger partial charge on any atom is -0.348 e. The summed E-state index contributed by atoms with van der Waals surface area (Å²) in [5.74, 6) is 1.03. The monoisotopic (exact) mass is 510 g/mol. The topological polar surface area (TPSA) is 78.0 Å². The first-order valence-electron chi connectivity index (χ1n) is 13.5. The van der Waals surface area contributed by atoms with Crippen LogP contribution in [0.2, 0.25) is 0 Å². The molecule has 0 aliphatic carbocycles. The van der Waals surface area contributed by atoms with E-state index in [0.29, 0.717) is 26.1 Å². The summed E-state index contributed by atoms with van der Waals surface area (Å²) < 4.78 is 0. The maximum absolute atomic E-state index is 13.0. The summed E-state index contributed by atoms with van der Waals surface area (Å²) in [5, 5.41) is 0. The molecule has 1 N–H and O–H groups in total. The quantitative estimate of drug-likeness (QED) is 0.214. The van der Waals surface area contributed by atoms with Crippen LogP contribution >= 0.6 is 0 Å². The van der Waals surface area contributed by atoms with E-state index in [1.54, 1.807) is 24.8 Å². The molecule has 0 aliphatic rings. The van der Waals surface area contributed by atoms with Crippen molar-refractivity contribution in [2.24, 2.45) is 0 Å². The molecule has 38 heavy (non-hydrogen) atoms. The number of H-pyrrole nitrogens is 1. The van der Waals surface area contributed by atoms with Crippen molar-refractivity contribution in [3.63, 3.8) is 0 Å². The van der Waals surface area contributed by atoms with E-state index in [2.05, 4.69) is 67.8 Å². The number of nitrogens with zero attached hydrogens (tertiary/aromatic N) is 5. The maximum Gasteiger partial charge on any atom is 0.167 e. The lowest BCUT2D eigenvalue weighted by atomic mass is 10.0. The Kier molecular flexibility index (Phi) is 10.3. The van der Waals surface area contributed by atoms with Crippen molar-refractivity contribution in [2.45, 2.75) is 59.3 Å². The summed E-state index contributed by atoms with van der Waals surface area (Å²) in [6.07, 6.45) is 11.5. The van der Waals surface area contributed by atoms with Gasteiger partial charge in [-0.05, 0) is 42.6 Å². The zero-order valence-electron chi connectivity index (χ0n) is 22.5. The smallest absolute Gasteiger partial charge is 0.167 e. The van der Waals surface area contributed by atoms with Crippen LogP contribution in [0.5, 0.6) is 0 Å². The molecule has 0 unspecified atom stereocenters. The molecule has 0 saturated carbocycles. The third kappa shape index (κ3) is 8.43. The number of imidazole rings is 1. The summed E-state index contributed by atoms with van der Waals surface area (Å²) in [4.78, 5) is 33.9. The van der Waals surface area contributed by atoms with Crippen LogP contribution in [0, 0.1) is 0 Å². The number of rotatable bonds is 15. The lowest BCUT2D eigenvalue weighted by Crippen LogP contribution is -2.24. The molecule has 2 heterocycles. The number of ketones is 1. The largest absolute Gasteiger partial charge is 0.348 e. The third-order valence-electron chi connectivity index (χ3n) is 6.49. The Hall–Kier alpha value is -3.68. The molecule has 0 saturated heterocycles. The molecule has 0 amide bonds. The Morgan fingerprint density at radius 2 is 1.39 bits per heavy atom. The fourth-order valence-corrected chi connectivity index (χ4v) is 4.67. The number of hydrogen-bond acceptors (Lipinski definition) is 6. The van der Waals surface area contributed by atoms with Gasteiger partial charge in [0, 0.05) is 62.6 Å². The van der Waals surface area contributed by atoms with Crippen LogP contribution in [-0.2, 0) is 32.6 Å². The van der Waals surface area contributed by atoms with Gasteiger partial charge in [0.1, 0.15) is 5.82 Å². The van der Waals surface area contributed by atoms with Crippen LogP contribution < -0.4 is 0 Å². The molecule has 0 radical (unpaired) electrons. The van der Waals surface area contributed by atoms with E-state index in [9.17, 15) is 4.79 Å². The maximum atomic E-state index is 13.0. The molecule has 0 fully saturated rings. The number of nitrogens with one attached hydrogen (secondary N) is 1. The minimum atomic E-state index is 0.134. The van der Waals surface area contributed by atoms with Gasteiger partial charge in [0.25, 0.3) is 0 Å². The van der Waals surface area contributed by atoms with Crippen molar-refractivity contribution >= 4 is 5.78 Å². The van der Waals surface area contributed by atoms with Gasteiger partial charge in [-0.3, -0.25) is 24.6 Å². The molecule has 0 spiro atoms. The zero-order chi connectivity index (χ0) is 26.6. The molecule has 7 nitrogen and oxygen atoms in total. The third-order valence-corrected chi connectivity index (χ3v) is 6.49. The van der Waals surface area contributed by atoms with Gasteiger partial charge in [-0.15, -0.1) is 0 Å². The number of benzene rings is 2. The molecule has 0 atom stereocenters. The van der Waals surface area contributed by atoms with Crippen molar-refractivity contribution in [1.82, 2.24) is 29.7 Å². The average Bonchev–Trinajstić information content (AvgIpc) is 3.44. The number of hydrogen-bond donors (Lipinski definition) is 1. The predicted octanol–water partition coefficient (Wildman–Crippen LogP) is 5.45. The summed E-state index contributed by atoms with van der Waals surface area (Å²) in [7, 11) is 0. The van der Waals surface area contributed by atoms with Gasteiger partial charge in [-0.25, -0.2) is 4.98 Å². The van der Waals surface area contributed by atoms with E-state index in [-0.39, 0.29) is 5.78 Å². The number of carbonyl (C=O) groups excluding carboxylic acids is 1. The molecular weight excluding hydrogens is 472 g/mol. The highest BCUT2D eigenvalue weighted by Gasteiger charge is 2.13. The van der Waals surface area contributed by atoms with Crippen molar-refractivity contribution in [1.29, 1.82) is 0 Å². The summed E-state index contributed by atoms with van der Waals surface area (Å²) >= 11 is 0. The van der Waals surface area contributed by atoms with Crippen molar-refractivity contribution in [3.8, 4) is 0 Å². The molecule has 0 bridgehead atoms. The van der Waals surface area contributed by atoms with Crippen LogP contribution in [0.15, 0.2) is 79.5 Å². The van der Waals surface area contributed by atoms with Gasteiger partial charge < -0.3 is 4.98 Å². The SMILES string of the molecule is CCCN(CCC)Cc1ccc(CC(=O)c2ccc(CN(Cc3cnccn3)Cc3ncc[nH]3)cc2)cc1. The minimum absolute atomic E-state index is 0.134. The van der Waals surface area contributed by atoms with Crippen LogP contribution in [0.3, 0.4) is 0 Å². The van der Waals surface area contributed by atoms with Crippen molar-refractivity contribution in [3.05, 3.63) is 113 Å². The van der Waals surface area contributed by atoms with Gasteiger partial charge in [-0.2, -0.15) is 0 Å². The molecule has 0 aliphatic heterocycles. The highest BCUT2D eigenvalue weighted by molar-refractivity contribution is 5.97. The van der Waals surface area contributed by atoms with Crippen molar-refractivity contribution in [2.75, 3.05) is 13.1 Å². The Morgan fingerprint density at radius 1 is 0.737 bits per heavy atom. The van der Waals surface area contributed by atoms with E-state index in [1.165, 1.54) is 5.56 Å². The van der Waals surface area contributed by atoms with E-state index in [4.69, 9.17) is 0 Å². The Balaban J connectivity index is 1.35. The lowest BCUT2D eigenvalue weighted by Gasteiger charge is -2.21. The van der Waals surface area contributed by atoms with Gasteiger partial charge in [0.15, 0.2) is 5.78 Å². The molecule has 7 heteroatoms. The highest BCUT2D eigenvalue weighted by Crippen LogP contribution is 2.15. The Morgan fingerprint density at radius 3 is 2.00 bits per heavy atom. The first-order valence-corrected chi connectivity index (χ1v) is 13.5. The predicted molar refractivity (Wildman–Crippen MR) is 150 cm³/mol. The zero-order valence-corrected chi connectivity index (χ0v) is 22.5. The second kappa shape index (κ2) is 14.3. The second-order valence-electron chi connectivity index (χ2n) is 9.77. The van der Waals surface area contributed by atoms with Gasteiger partial charge in [0.05, 0.1) is 12.2 Å². The molecule has 2 aromatic carbocycles. The molecule has 4 rings (SSSR count). The van der Waals surface area contributed by atoms with Gasteiger partial charge in [0.2, 0.25) is 0 Å². The summed E-state index contributed by atoms with van der Waals surface area (Å²) in [6, 6.07) is 16.5. The molecule has 4 aromatic rings. The highest BCUT2D eigenvalue weighted by atomic mass is 16.1. The summed E-state index contributed by atoms with van der Waals surface area (Å²) in [5.41, 5.74) is 5.12. The fourth-order valence-electron chi connectivity index (χ4n) is 4.67. The number of carbonyl (C=O) groups is 1. The van der Waals surface area contributed by atoms with Gasteiger partial charge in [-0.1, -0.05) is 62.4 Å². The van der Waals surface area contributed by atoms with Gasteiger partial charge >= 0.3 is 0 Å². The summed E-state index contributed by atoms with van der Waals surface area (Å²) in [6.45, 7) is 9.66. The first-order chi connectivity index (χ1) is 18.6. The average molecular weight is 511 g/mol. The van der Waals surface area contributed by atoms with Crippen molar-refractivity contribution < 1.29 is 4.79 Å². The van der Waals surface area contributed by atoms with Crippen LogP contribution in [0.25, 0.3) is 0 Å². The van der Waals surface area contributed by atoms with E-state index in [1.807, 2.05) is 30.5 Å².